The minimum atomic E-state index is -3.36. The van der Waals surface area contributed by atoms with E-state index in [1.807, 2.05) is 0 Å². The molecule has 0 spiro atoms. The second-order valence-corrected chi connectivity index (χ2v) is 7.73. The van der Waals surface area contributed by atoms with Crippen molar-refractivity contribution in [3.8, 4) is 0 Å². The summed E-state index contributed by atoms with van der Waals surface area (Å²) < 4.78 is 50.3. The van der Waals surface area contributed by atoms with E-state index in [2.05, 4.69) is 0 Å². The summed E-state index contributed by atoms with van der Waals surface area (Å²) in [6.45, 7) is 0.384. The van der Waals surface area contributed by atoms with Crippen molar-refractivity contribution < 1.29 is 17.2 Å². The molecule has 1 unspecified atom stereocenters. The highest BCUT2D eigenvalue weighted by Crippen LogP contribution is 2.33. The van der Waals surface area contributed by atoms with Crippen LogP contribution >= 0.6 is 11.8 Å². The third-order valence-electron chi connectivity index (χ3n) is 2.96. The zero-order valence-electron chi connectivity index (χ0n) is 10.3. The summed E-state index contributed by atoms with van der Waals surface area (Å²) in [4.78, 5) is 1.47. The van der Waals surface area contributed by atoms with Gasteiger partial charge in [0.15, 0.2) is 15.7 Å². The van der Waals surface area contributed by atoms with Crippen LogP contribution in [0.4, 0.5) is 20.2 Å². The standard InChI is InChI=1S/C11H14F2N2O2S2/c1-19(16,17)10-6-18-3-2-15(10)9-5-7(12)4-8(13)11(9)14/h4-5,10H,2-3,6,14H2,1H3. The van der Waals surface area contributed by atoms with Gasteiger partial charge in [-0.1, -0.05) is 0 Å². The van der Waals surface area contributed by atoms with Gasteiger partial charge in [-0.2, -0.15) is 11.8 Å². The highest BCUT2D eigenvalue weighted by molar-refractivity contribution is 8.01. The highest BCUT2D eigenvalue weighted by Gasteiger charge is 2.32. The van der Waals surface area contributed by atoms with Crippen LogP contribution in [0.25, 0.3) is 0 Å². The molecule has 0 aliphatic carbocycles. The number of hydrogen-bond acceptors (Lipinski definition) is 5. The molecule has 1 heterocycles. The van der Waals surface area contributed by atoms with Gasteiger partial charge < -0.3 is 10.6 Å². The average molecular weight is 308 g/mol. The van der Waals surface area contributed by atoms with Crippen molar-refractivity contribution in [3.05, 3.63) is 23.8 Å². The largest absolute Gasteiger partial charge is 0.395 e. The lowest BCUT2D eigenvalue weighted by molar-refractivity contribution is 0.576. The second kappa shape index (κ2) is 5.16. The van der Waals surface area contributed by atoms with E-state index in [9.17, 15) is 17.2 Å². The van der Waals surface area contributed by atoms with E-state index in [1.54, 1.807) is 0 Å². The van der Waals surface area contributed by atoms with Gasteiger partial charge in [0.1, 0.15) is 11.2 Å². The molecule has 19 heavy (non-hydrogen) atoms. The molecule has 0 radical (unpaired) electrons. The van der Waals surface area contributed by atoms with Gasteiger partial charge in [0.2, 0.25) is 0 Å². The van der Waals surface area contributed by atoms with E-state index in [-0.39, 0.29) is 11.4 Å². The fraction of sp³-hybridized carbons (Fsp3) is 0.455. The van der Waals surface area contributed by atoms with Crippen molar-refractivity contribution >= 4 is 33.0 Å². The first-order valence-corrected chi connectivity index (χ1v) is 8.69. The molecule has 1 saturated heterocycles. The van der Waals surface area contributed by atoms with Crippen LogP contribution in [0.3, 0.4) is 0 Å². The number of halogens is 2. The first-order valence-electron chi connectivity index (χ1n) is 5.58. The van der Waals surface area contributed by atoms with Gasteiger partial charge in [-0.15, -0.1) is 0 Å². The molecule has 2 N–H and O–H groups in total. The number of anilines is 2. The molecular weight excluding hydrogens is 294 g/mol. The molecule has 0 aromatic heterocycles. The molecule has 106 valence electrons. The van der Waals surface area contributed by atoms with E-state index in [0.717, 1.165) is 12.3 Å². The lowest BCUT2D eigenvalue weighted by atomic mass is 10.2. The number of benzene rings is 1. The average Bonchev–Trinajstić information content (AvgIpc) is 2.33. The molecule has 8 heteroatoms. The topological polar surface area (TPSA) is 63.4 Å². The Labute approximate surface area is 114 Å². The molecule has 0 amide bonds. The maximum Gasteiger partial charge on any atom is 0.169 e. The number of hydrogen-bond donors (Lipinski definition) is 1. The van der Waals surface area contributed by atoms with Crippen molar-refractivity contribution in [1.82, 2.24) is 0 Å². The third-order valence-corrected chi connectivity index (χ3v) is 5.60. The number of nitrogen functional groups attached to an aromatic ring is 1. The molecule has 1 atom stereocenters. The lowest BCUT2D eigenvalue weighted by Crippen LogP contribution is -2.47. The van der Waals surface area contributed by atoms with E-state index in [4.69, 9.17) is 5.73 Å². The quantitative estimate of drug-likeness (QED) is 0.838. The van der Waals surface area contributed by atoms with E-state index >= 15 is 0 Å². The van der Waals surface area contributed by atoms with Crippen molar-refractivity contribution in [2.24, 2.45) is 0 Å². The summed E-state index contributed by atoms with van der Waals surface area (Å²) in [6.07, 6.45) is 1.11. The number of nitrogens with zero attached hydrogens (tertiary/aromatic N) is 1. The maximum atomic E-state index is 13.5. The van der Waals surface area contributed by atoms with Gasteiger partial charge in [0.25, 0.3) is 0 Å². The Balaban J connectivity index is 2.49. The van der Waals surface area contributed by atoms with Crippen LogP contribution in [0.2, 0.25) is 0 Å². The fourth-order valence-electron chi connectivity index (χ4n) is 2.02. The highest BCUT2D eigenvalue weighted by atomic mass is 32.2. The normalized spacial score (nSPS) is 20.6. The van der Waals surface area contributed by atoms with Crippen LogP contribution in [0.1, 0.15) is 0 Å². The van der Waals surface area contributed by atoms with Crippen molar-refractivity contribution in [2.75, 3.05) is 34.9 Å². The fourth-order valence-corrected chi connectivity index (χ4v) is 4.85. The zero-order valence-corrected chi connectivity index (χ0v) is 11.9. The predicted octanol–water partition coefficient (Wildman–Crippen LogP) is 1.47. The Morgan fingerprint density at radius 3 is 2.74 bits per heavy atom. The molecule has 4 nitrogen and oxygen atoms in total. The number of sulfone groups is 1. The summed E-state index contributed by atoms with van der Waals surface area (Å²) in [6, 6.07) is 1.76. The molecule has 1 aromatic rings. The van der Waals surface area contributed by atoms with Crippen LogP contribution in [0.5, 0.6) is 0 Å². The molecular formula is C11H14F2N2O2S2. The summed E-state index contributed by atoms with van der Waals surface area (Å²) >= 11 is 1.49. The number of thioether (sulfide) groups is 1. The van der Waals surface area contributed by atoms with Crippen molar-refractivity contribution in [3.63, 3.8) is 0 Å². The molecule has 1 fully saturated rings. The zero-order chi connectivity index (χ0) is 14.2. The molecule has 0 saturated carbocycles. The minimum Gasteiger partial charge on any atom is -0.395 e. The van der Waals surface area contributed by atoms with Crippen molar-refractivity contribution in [2.45, 2.75) is 5.37 Å². The Morgan fingerprint density at radius 1 is 1.42 bits per heavy atom. The first kappa shape index (κ1) is 14.4. The van der Waals surface area contributed by atoms with E-state index < -0.39 is 26.8 Å². The van der Waals surface area contributed by atoms with Gasteiger partial charge in [0, 0.05) is 30.4 Å². The lowest BCUT2D eigenvalue weighted by Gasteiger charge is -2.36. The summed E-state index contributed by atoms with van der Waals surface area (Å²) in [5.74, 6) is -0.604. The summed E-state index contributed by atoms with van der Waals surface area (Å²) in [5, 5.41) is -0.810. The SMILES string of the molecule is CS(=O)(=O)C1CSCCN1c1cc(F)cc(F)c1N. The van der Waals surface area contributed by atoms with Gasteiger partial charge in [-0.25, -0.2) is 17.2 Å². The predicted molar refractivity (Wildman–Crippen MR) is 74.1 cm³/mol. The monoisotopic (exact) mass is 308 g/mol. The van der Waals surface area contributed by atoms with Crippen LogP contribution in [0, 0.1) is 11.6 Å². The molecule has 1 aromatic carbocycles. The Morgan fingerprint density at radius 2 is 2.11 bits per heavy atom. The Bertz CT molecular complexity index is 593. The van der Waals surface area contributed by atoms with Crippen molar-refractivity contribution in [1.29, 1.82) is 0 Å². The Kier molecular flexibility index (Phi) is 3.91. The number of nitrogens with two attached hydrogens (primary N) is 1. The molecule has 2 rings (SSSR count). The molecule has 0 bridgehead atoms. The van der Waals surface area contributed by atoms with Gasteiger partial charge >= 0.3 is 0 Å². The summed E-state index contributed by atoms with van der Waals surface area (Å²) in [5.41, 5.74) is 5.49. The van der Waals surface area contributed by atoms with Gasteiger partial charge in [0.05, 0.1) is 11.4 Å². The van der Waals surface area contributed by atoms with Crippen LogP contribution < -0.4 is 10.6 Å². The van der Waals surface area contributed by atoms with E-state index in [1.165, 1.54) is 16.7 Å². The van der Waals surface area contributed by atoms with E-state index in [0.29, 0.717) is 24.1 Å². The summed E-state index contributed by atoms with van der Waals surface area (Å²) in [7, 11) is -3.36. The minimum absolute atomic E-state index is 0.105. The Hall–Kier alpha value is -1.02. The van der Waals surface area contributed by atoms with Crippen LogP contribution in [-0.4, -0.2) is 38.1 Å². The smallest absolute Gasteiger partial charge is 0.169 e. The molecule has 1 aliphatic rings. The number of rotatable bonds is 2. The first-order chi connectivity index (χ1) is 8.80. The second-order valence-electron chi connectivity index (χ2n) is 4.37. The van der Waals surface area contributed by atoms with Crippen LogP contribution in [0.15, 0.2) is 12.1 Å². The molecule has 1 aliphatic heterocycles. The van der Waals surface area contributed by atoms with Gasteiger partial charge in [-0.05, 0) is 6.07 Å². The van der Waals surface area contributed by atoms with Crippen LogP contribution in [-0.2, 0) is 9.84 Å². The van der Waals surface area contributed by atoms with Gasteiger partial charge in [-0.3, -0.25) is 0 Å². The third kappa shape index (κ3) is 2.94. The maximum absolute atomic E-state index is 13.5.